The zero-order chi connectivity index (χ0) is 15.6. The molecule has 1 aromatic carbocycles. The maximum absolute atomic E-state index is 5.82. The first kappa shape index (κ1) is 14.2. The number of nitrogens with zero attached hydrogens (tertiary/aromatic N) is 3. The van der Waals surface area contributed by atoms with E-state index < -0.39 is 0 Å². The summed E-state index contributed by atoms with van der Waals surface area (Å²) in [4.78, 5) is 11.5. The molecule has 0 spiro atoms. The number of rotatable bonds is 3. The van der Waals surface area contributed by atoms with Gasteiger partial charge in [0.2, 0.25) is 5.89 Å². The van der Waals surface area contributed by atoms with E-state index in [2.05, 4.69) is 20.2 Å². The summed E-state index contributed by atoms with van der Waals surface area (Å²) in [6.07, 6.45) is 0. The van der Waals surface area contributed by atoms with Gasteiger partial charge in [-0.05, 0) is 30.3 Å². The molecule has 3 N–H and O–H groups in total. The third-order valence-electron chi connectivity index (χ3n) is 4.04. The molecule has 23 heavy (non-hydrogen) atoms. The SMILES string of the molecule is Nc1cccc(-c2nc3nc(CN4CCNCC4)ccc3o2)c1. The zero-order valence-corrected chi connectivity index (χ0v) is 12.8. The van der Waals surface area contributed by atoms with Crippen molar-refractivity contribution in [1.29, 1.82) is 0 Å². The summed E-state index contributed by atoms with van der Waals surface area (Å²) in [5.74, 6) is 0.555. The summed E-state index contributed by atoms with van der Waals surface area (Å²) >= 11 is 0. The highest BCUT2D eigenvalue weighted by molar-refractivity contribution is 5.73. The number of aromatic nitrogens is 2. The number of hydrogen-bond acceptors (Lipinski definition) is 6. The van der Waals surface area contributed by atoms with Crippen LogP contribution in [-0.2, 0) is 6.54 Å². The standard InChI is InChI=1S/C17H19N5O/c18-13-3-1-2-12(10-13)17-21-16-15(23-17)5-4-14(20-16)11-22-8-6-19-7-9-22/h1-5,10,19H,6-9,11,18H2. The Morgan fingerprint density at radius 2 is 2.00 bits per heavy atom. The number of anilines is 1. The second-order valence-electron chi connectivity index (χ2n) is 5.79. The van der Waals surface area contributed by atoms with Gasteiger partial charge in [0.1, 0.15) is 0 Å². The molecular formula is C17H19N5O. The Morgan fingerprint density at radius 1 is 1.13 bits per heavy atom. The highest BCUT2D eigenvalue weighted by atomic mass is 16.3. The number of hydrogen-bond donors (Lipinski definition) is 2. The number of nitrogens with two attached hydrogens (primary N) is 1. The number of pyridine rings is 1. The lowest BCUT2D eigenvalue weighted by Crippen LogP contribution is -2.43. The van der Waals surface area contributed by atoms with E-state index in [-0.39, 0.29) is 0 Å². The highest BCUT2D eigenvalue weighted by Gasteiger charge is 2.13. The van der Waals surface area contributed by atoms with Gasteiger partial charge in [-0.15, -0.1) is 0 Å². The number of fused-ring (bicyclic) bond motifs is 1. The van der Waals surface area contributed by atoms with E-state index in [0.29, 0.717) is 22.8 Å². The van der Waals surface area contributed by atoms with Gasteiger partial charge >= 0.3 is 0 Å². The van der Waals surface area contributed by atoms with Crippen molar-refractivity contribution < 1.29 is 4.42 Å². The van der Waals surface area contributed by atoms with Gasteiger partial charge < -0.3 is 15.5 Å². The molecular weight excluding hydrogens is 290 g/mol. The van der Waals surface area contributed by atoms with Crippen molar-refractivity contribution >= 4 is 16.9 Å². The molecule has 0 radical (unpaired) electrons. The van der Waals surface area contributed by atoms with Crippen LogP contribution < -0.4 is 11.1 Å². The van der Waals surface area contributed by atoms with Gasteiger partial charge in [0.15, 0.2) is 11.2 Å². The van der Waals surface area contributed by atoms with Crippen molar-refractivity contribution in [2.75, 3.05) is 31.9 Å². The van der Waals surface area contributed by atoms with Gasteiger partial charge in [-0.2, -0.15) is 4.98 Å². The lowest BCUT2D eigenvalue weighted by molar-refractivity contribution is 0.231. The summed E-state index contributed by atoms with van der Waals surface area (Å²) in [5.41, 5.74) is 9.75. The van der Waals surface area contributed by atoms with E-state index in [0.717, 1.165) is 44.0 Å². The van der Waals surface area contributed by atoms with E-state index >= 15 is 0 Å². The fourth-order valence-corrected chi connectivity index (χ4v) is 2.84. The van der Waals surface area contributed by atoms with Crippen LogP contribution in [-0.4, -0.2) is 41.0 Å². The molecule has 6 nitrogen and oxygen atoms in total. The van der Waals surface area contributed by atoms with Crippen LogP contribution >= 0.6 is 0 Å². The van der Waals surface area contributed by atoms with Crippen molar-refractivity contribution in [3.8, 4) is 11.5 Å². The largest absolute Gasteiger partial charge is 0.434 e. The molecule has 0 atom stereocenters. The van der Waals surface area contributed by atoms with Gasteiger partial charge in [-0.3, -0.25) is 4.90 Å². The van der Waals surface area contributed by atoms with Crippen molar-refractivity contribution in [1.82, 2.24) is 20.2 Å². The molecule has 4 rings (SSSR count). The van der Waals surface area contributed by atoms with Crippen molar-refractivity contribution in [3.05, 3.63) is 42.1 Å². The average Bonchev–Trinajstić information content (AvgIpc) is 2.99. The molecule has 0 saturated carbocycles. The minimum atomic E-state index is 0.555. The molecule has 0 amide bonds. The Morgan fingerprint density at radius 3 is 2.83 bits per heavy atom. The highest BCUT2D eigenvalue weighted by Crippen LogP contribution is 2.25. The van der Waals surface area contributed by atoms with Crippen molar-refractivity contribution in [2.45, 2.75) is 6.54 Å². The third kappa shape index (κ3) is 3.04. The molecule has 2 aromatic heterocycles. The zero-order valence-electron chi connectivity index (χ0n) is 12.8. The molecule has 3 aromatic rings. The Balaban J connectivity index is 1.61. The molecule has 118 valence electrons. The Kier molecular flexibility index (Phi) is 3.69. The van der Waals surface area contributed by atoms with Crippen LogP contribution in [0.2, 0.25) is 0 Å². The average molecular weight is 309 g/mol. The van der Waals surface area contributed by atoms with Gasteiger partial charge in [-0.25, -0.2) is 4.98 Å². The molecule has 1 saturated heterocycles. The van der Waals surface area contributed by atoms with Crippen molar-refractivity contribution in [3.63, 3.8) is 0 Å². The van der Waals surface area contributed by atoms with Crippen LogP contribution in [0.5, 0.6) is 0 Å². The van der Waals surface area contributed by atoms with Gasteiger partial charge in [0, 0.05) is 44.0 Å². The lowest BCUT2D eigenvalue weighted by Gasteiger charge is -2.26. The van der Waals surface area contributed by atoms with E-state index in [9.17, 15) is 0 Å². The fourth-order valence-electron chi connectivity index (χ4n) is 2.84. The van der Waals surface area contributed by atoms with Crippen LogP contribution in [0, 0.1) is 0 Å². The number of oxazole rings is 1. The Hall–Kier alpha value is -2.44. The molecule has 0 aliphatic carbocycles. The van der Waals surface area contributed by atoms with Gasteiger partial charge in [-0.1, -0.05) is 6.07 Å². The van der Waals surface area contributed by atoms with Gasteiger partial charge in [0.05, 0.1) is 5.69 Å². The minimum Gasteiger partial charge on any atom is -0.434 e. The molecule has 0 bridgehead atoms. The molecule has 6 heteroatoms. The lowest BCUT2D eigenvalue weighted by atomic mass is 10.2. The smallest absolute Gasteiger partial charge is 0.228 e. The summed E-state index contributed by atoms with van der Waals surface area (Å²) in [6.45, 7) is 5.01. The van der Waals surface area contributed by atoms with E-state index in [1.54, 1.807) is 0 Å². The third-order valence-corrected chi connectivity index (χ3v) is 4.04. The minimum absolute atomic E-state index is 0.555. The number of nitrogen functional groups attached to an aromatic ring is 1. The number of piperazine rings is 1. The first-order chi connectivity index (χ1) is 11.3. The van der Waals surface area contributed by atoms with Crippen LogP contribution in [0.15, 0.2) is 40.8 Å². The summed E-state index contributed by atoms with van der Waals surface area (Å²) < 4.78 is 5.80. The molecule has 1 aliphatic rings. The van der Waals surface area contributed by atoms with E-state index in [1.165, 1.54) is 0 Å². The maximum atomic E-state index is 5.82. The normalized spacial score (nSPS) is 16.0. The molecule has 1 fully saturated rings. The summed E-state index contributed by atoms with van der Waals surface area (Å²) in [7, 11) is 0. The Labute approximate surface area is 134 Å². The number of benzene rings is 1. The maximum Gasteiger partial charge on any atom is 0.228 e. The predicted molar refractivity (Wildman–Crippen MR) is 89.8 cm³/mol. The molecule has 0 unspecified atom stereocenters. The topological polar surface area (TPSA) is 80.2 Å². The first-order valence-electron chi connectivity index (χ1n) is 7.83. The van der Waals surface area contributed by atoms with E-state index in [4.69, 9.17) is 10.2 Å². The monoisotopic (exact) mass is 309 g/mol. The second kappa shape index (κ2) is 5.98. The summed E-state index contributed by atoms with van der Waals surface area (Å²) in [5, 5.41) is 3.36. The molecule has 1 aliphatic heterocycles. The van der Waals surface area contributed by atoms with Crippen LogP contribution in [0.1, 0.15) is 5.69 Å². The molecule has 3 heterocycles. The Bertz CT molecular complexity index is 823. The number of nitrogens with one attached hydrogen (secondary N) is 1. The van der Waals surface area contributed by atoms with Crippen LogP contribution in [0.4, 0.5) is 5.69 Å². The predicted octanol–water partition coefficient (Wildman–Crippen LogP) is 1.88. The van der Waals surface area contributed by atoms with Crippen molar-refractivity contribution in [2.24, 2.45) is 0 Å². The fraction of sp³-hybridized carbons (Fsp3) is 0.294. The summed E-state index contributed by atoms with van der Waals surface area (Å²) in [6, 6.07) is 11.5. The van der Waals surface area contributed by atoms with Gasteiger partial charge in [0.25, 0.3) is 0 Å². The second-order valence-corrected chi connectivity index (χ2v) is 5.79. The quantitative estimate of drug-likeness (QED) is 0.719. The van der Waals surface area contributed by atoms with Crippen LogP contribution in [0.25, 0.3) is 22.7 Å². The van der Waals surface area contributed by atoms with Crippen LogP contribution in [0.3, 0.4) is 0 Å². The first-order valence-corrected chi connectivity index (χ1v) is 7.83. The van der Waals surface area contributed by atoms with E-state index in [1.807, 2.05) is 36.4 Å².